The highest BCUT2D eigenvalue weighted by molar-refractivity contribution is 9.10. The molecule has 0 atom stereocenters. The molecule has 0 fully saturated rings. The molecule has 0 aromatic heterocycles. The van der Waals surface area contributed by atoms with Gasteiger partial charge in [0.05, 0.1) is 0 Å². The van der Waals surface area contributed by atoms with Crippen molar-refractivity contribution in [1.82, 2.24) is 0 Å². The molecule has 2 heteroatoms. The molecule has 0 saturated heterocycles. The van der Waals surface area contributed by atoms with Crippen molar-refractivity contribution in [3.8, 4) is 0 Å². The van der Waals surface area contributed by atoms with E-state index in [0.29, 0.717) is 0 Å². The first kappa shape index (κ1) is 18.3. The standard InChI is InChI=1S/C26H20BrN/c27-23-9-7-8-22(20-23)15-14-21-16-18-26(19-17-21)28(24-10-3-1-4-11-24)25-12-5-2-6-13-25/h1-20H. The highest BCUT2D eigenvalue weighted by Crippen LogP contribution is 2.34. The molecule has 0 aliphatic rings. The van der Waals surface area contributed by atoms with Crippen LogP contribution in [0.5, 0.6) is 0 Å². The fraction of sp³-hybridized carbons (Fsp3) is 0. The second kappa shape index (κ2) is 8.73. The minimum atomic E-state index is 1.09. The third-order valence-electron chi connectivity index (χ3n) is 4.50. The van der Waals surface area contributed by atoms with Crippen molar-refractivity contribution < 1.29 is 0 Å². The summed E-state index contributed by atoms with van der Waals surface area (Å²) in [6.07, 6.45) is 4.27. The minimum absolute atomic E-state index is 1.09. The molecule has 0 heterocycles. The first-order chi connectivity index (χ1) is 13.8. The van der Waals surface area contributed by atoms with Crippen LogP contribution in [0.25, 0.3) is 12.2 Å². The molecule has 1 nitrogen and oxygen atoms in total. The zero-order chi connectivity index (χ0) is 19.2. The van der Waals surface area contributed by atoms with Crippen molar-refractivity contribution in [2.45, 2.75) is 0 Å². The van der Waals surface area contributed by atoms with Gasteiger partial charge < -0.3 is 4.90 Å². The summed E-state index contributed by atoms with van der Waals surface area (Å²) >= 11 is 3.52. The lowest BCUT2D eigenvalue weighted by molar-refractivity contribution is 1.28. The molecule has 0 radical (unpaired) electrons. The molecule has 28 heavy (non-hydrogen) atoms. The molecule has 0 saturated carbocycles. The van der Waals surface area contributed by atoms with Crippen LogP contribution in [0, 0.1) is 0 Å². The predicted octanol–water partition coefficient (Wildman–Crippen LogP) is 8.09. The molecule has 0 aliphatic heterocycles. The zero-order valence-electron chi connectivity index (χ0n) is 15.4. The second-order valence-electron chi connectivity index (χ2n) is 6.49. The fourth-order valence-electron chi connectivity index (χ4n) is 3.14. The van der Waals surface area contributed by atoms with Crippen LogP contribution in [0.3, 0.4) is 0 Å². The van der Waals surface area contributed by atoms with Crippen LogP contribution in [0.4, 0.5) is 17.1 Å². The van der Waals surface area contributed by atoms with E-state index in [1.165, 1.54) is 11.1 Å². The van der Waals surface area contributed by atoms with E-state index < -0.39 is 0 Å². The smallest absolute Gasteiger partial charge is 0.0462 e. The van der Waals surface area contributed by atoms with Crippen LogP contribution >= 0.6 is 15.9 Å². The van der Waals surface area contributed by atoms with Gasteiger partial charge in [-0.15, -0.1) is 0 Å². The molecule has 0 unspecified atom stereocenters. The molecular weight excluding hydrogens is 406 g/mol. The van der Waals surface area contributed by atoms with Gasteiger partial charge in [-0.25, -0.2) is 0 Å². The van der Waals surface area contributed by atoms with Gasteiger partial charge in [0.25, 0.3) is 0 Å². The molecule has 136 valence electrons. The Bertz CT molecular complexity index is 1010. The van der Waals surface area contributed by atoms with Gasteiger partial charge in [-0.2, -0.15) is 0 Å². The normalized spacial score (nSPS) is 10.9. The predicted molar refractivity (Wildman–Crippen MR) is 124 cm³/mol. The lowest BCUT2D eigenvalue weighted by Gasteiger charge is -2.25. The first-order valence-electron chi connectivity index (χ1n) is 9.23. The summed E-state index contributed by atoms with van der Waals surface area (Å²) in [5, 5.41) is 0. The Kier molecular flexibility index (Phi) is 5.69. The molecule has 0 spiro atoms. The van der Waals surface area contributed by atoms with Crippen molar-refractivity contribution in [3.05, 3.63) is 125 Å². The number of benzene rings is 4. The van der Waals surface area contributed by atoms with Gasteiger partial charge >= 0.3 is 0 Å². The van der Waals surface area contributed by atoms with Crippen LogP contribution < -0.4 is 4.90 Å². The number of halogens is 1. The summed E-state index contributed by atoms with van der Waals surface area (Å²) in [5.41, 5.74) is 5.77. The molecule has 4 rings (SSSR count). The molecule has 0 N–H and O–H groups in total. The van der Waals surface area contributed by atoms with Crippen molar-refractivity contribution in [1.29, 1.82) is 0 Å². The number of rotatable bonds is 5. The summed E-state index contributed by atoms with van der Waals surface area (Å²) in [6.45, 7) is 0. The van der Waals surface area contributed by atoms with Gasteiger partial charge in [-0.05, 0) is 59.7 Å². The average molecular weight is 426 g/mol. The van der Waals surface area contributed by atoms with E-state index in [0.717, 1.165) is 21.5 Å². The maximum atomic E-state index is 3.52. The molecule has 4 aromatic carbocycles. The summed E-state index contributed by atoms with van der Waals surface area (Å²) < 4.78 is 1.09. The maximum Gasteiger partial charge on any atom is 0.0462 e. The third kappa shape index (κ3) is 4.41. The van der Waals surface area contributed by atoms with Gasteiger partial charge in [-0.3, -0.25) is 0 Å². The summed E-state index contributed by atoms with van der Waals surface area (Å²) in [6, 6.07) is 37.8. The van der Waals surface area contributed by atoms with Gasteiger partial charge in [0.15, 0.2) is 0 Å². The second-order valence-corrected chi connectivity index (χ2v) is 7.40. The number of anilines is 3. The van der Waals surface area contributed by atoms with Crippen LogP contribution in [0.2, 0.25) is 0 Å². The lowest BCUT2D eigenvalue weighted by Crippen LogP contribution is -2.09. The van der Waals surface area contributed by atoms with Crippen LogP contribution in [0.15, 0.2) is 114 Å². The monoisotopic (exact) mass is 425 g/mol. The Balaban J connectivity index is 1.63. The van der Waals surface area contributed by atoms with E-state index in [1.807, 2.05) is 24.3 Å². The average Bonchev–Trinajstić information content (AvgIpc) is 2.75. The van der Waals surface area contributed by atoms with E-state index in [1.54, 1.807) is 0 Å². The Labute approximate surface area is 174 Å². The topological polar surface area (TPSA) is 3.24 Å². The van der Waals surface area contributed by atoms with Crippen molar-refractivity contribution >= 4 is 45.1 Å². The van der Waals surface area contributed by atoms with E-state index in [9.17, 15) is 0 Å². The quantitative estimate of drug-likeness (QED) is 0.292. The summed E-state index contributed by atoms with van der Waals surface area (Å²) in [5.74, 6) is 0. The van der Waals surface area contributed by atoms with Crippen LogP contribution in [-0.2, 0) is 0 Å². The molecular formula is C26H20BrN. The van der Waals surface area contributed by atoms with Crippen molar-refractivity contribution in [2.24, 2.45) is 0 Å². The van der Waals surface area contributed by atoms with E-state index >= 15 is 0 Å². The lowest BCUT2D eigenvalue weighted by atomic mass is 10.1. The fourth-order valence-corrected chi connectivity index (χ4v) is 3.56. The van der Waals surface area contributed by atoms with Gasteiger partial charge in [0.2, 0.25) is 0 Å². The highest BCUT2D eigenvalue weighted by Gasteiger charge is 2.11. The van der Waals surface area contributed by atoms with Crippen LogP contribution in [-0.4, -0.2) is 0 Å². The molecule has 4 aromatic rings. The van der Waals surface area contributed by atoms with Gasteiger partial charge in [0.1, 0.15) is 0 Å². The zero-order valence-corrected chi connectivity index (χ0v) is 17.0. The minimum Gasteiger partial charge on any atom is -0.311 e. The van der Waals surface area contributed by atoms with Crippen molar-refractivity contribution in [3.63, 3.8) is 0 Å². The number of para-hydroxylation sites is 2. The van der Waals surface area contributed by atoms with E-state index in [-0.39, 0.29) is 0 Å². The Morgan fingerprint density at radius 3 is 1.61 bits per heavy atom. The van der Waals surface area contributed by atoms with E-state index in [2.05, 4.69) is 118 Å². The van der Waals surface area contributed by atoms with Gasteiger partial charge in [-0.1, -0.05) is 88.7 Å². The van der Waals surface area contributed by atoms with Gasteiger partial charge in [0, 0.05) is 21.5 Å². The van der Waals surface area contributed by atoms with E-state index in [4.69, 9.17) is 0 Å². The number of hydrogen-bond acceptors (Lipinski definition) is 1. The molecule has 0 bridgehead atoms. The molecule has 0 amide bonds. The van der Waals surface area contributed by atoms with Crippen LogP contribution in [0.1, 0.15) is 11.1 Å². The largest absolute Gasteiger partial charge is 0.311 e. The first-order valence-corrected chi connectivity index (χ1v) is 10.0. The highest BCUT2D eigenvalue weighted by atomic mass is 79.9. The third-order valence-corrected chi connectivity index (χ3v) is 4.99. The Morgan fingerprint density at radius 1 is 0.500 bits per heavy atom. The Morgan fingerprint density at radius 2 is 1.04 bits per heavy atom. The SMILES string of the molecule is Brc1cccc(C=Cc2ccc(N(c3ccccc3)c3ccccc3)cc2)c1. The number of hydrogen-bond donors (Lipinski definition) is 0. The summed E-state index contributed by atoms with van der Waals surface area (Å²) in [4.78, 5) is 2.27. The number of nitrogens with zero attached hydrogens (tertiary/aromatic N) is 1. The summed E-state index contributed by atoms with van der Waals surface area (Å²) in [7, 11) is 0. The Hall–Kier alpha value is -3.10. The maximum absolute atomic E-state index is 3.52. The molecule has 0 aliphatic carbocycles. The van der Waals surface area contributed by atoms with Crippen molar-refractivity contribution in [2.75, 3.05) is 4.90 Å².